The second kappa shape index (κ2) is 5.28. The Kier molecular flexibility index (Phi) is 3.31. The monoisotopic (exact) mass is 283 g/mol. The Morgan fingerprint density at radius 2 is 1.81 bits per heavy atom. The number of ether oxygens (including phenoxy) is 1. The van der Waals surface area contributed by atoms with Crippen molar-refractivity contribution in [2.45, 2.75) is 0 Å². The summed E-state index contributed by atoms with van der Waals surface area (Å²) in [7, 11) is 1.59. The average Bonchev–Trinajstić information content (AvgIpc) is 2.89. The molecule has 2 aromatic carbocycles. The maximum absolute atomic E-state index is 13.8. The van der Waals surface area contributed by atoms with E-state index in [0.717, 1.165) is 5.56 Å². The van der Waals surface area contributed by atoms with Gasteiger partial charge in [0.15, 0.2) is 0 Å². The van der Waals surface area contributed by atoms with Crippen LogP contribution in [0.4, 0.5) is 10.1 Å². The lowest BCUT2D eigenvalue weighted by atomic mass is 10.1. The zero-order valence-electron chi connectivity index (χ0n) is 11.5. The van der Waals surface area contributed by atoms with Crippen LogP contribution >= 0.6 is 0 Å². The highest BCUT2D eigenvalue weighted by molar-refractivity contribution is 5.77. The third kappa shape index (κ3) is 2.33. The molecule has 0 saturated carbocycles. The zero-order valence-corrected chi connectivity index (χ0v) is 11.5. The number of hydrogen-bond donors (Lipinski definition) is 1. The van der Waals surface area contributed by atoms with Gasteiger partial charge in [0.05, 0.1) is 19.0 Å². The first-order chi connectivity index (χ1) is 10.2. The molecule has 0 bridgehead atoms. The van der Waals surface area contributed by atoms with E-state index in [1.54, 1.807) is 31.5 Å². The predicted molar refractivity (Wildman–Crippen MR) is 79.9 cm³/mol. The summed E-state index contributed by atoms with van der Waals surface area (Å²) in [6.45, 7) is 0. The number of para-hydroxylation sites is 2. The van der Waals surface area contributed by atoms with E-state index in [9.17, 15) is 4.39 Å². The van der Waals surface area contributed by atoms with Gasteiger partial charge in [-0.15, -0.1) is 0 Å². The highest BCUT2D eigenvalue weighted by atomic mass is 19.1. The van der Waals surface area contributed by atoms with Crippen LogP contribution in [0.1, 0.15) is 0 Å². The molecule has 0 radical (unpaired) electrons. The van der Waals surface area contributed by atoms with Gasteiger partial charge in [0.25, 0.3) is 0 Å². The molecule has 3 rings (SSSR count). The van der Waals surface area contributed by atoms with Crippen molar-refractivity contribution in [2.24, 2.45) is 0 Å². The third-order valence-corrected chi connectivity index (χ3v) is 3.20. The van der Waals surface area contributed by atoms with Crippen molar-refractivity contribution in [1.82, 2.24) is 9.78 Å². The highest BCUT2D eigenvalue weighted by Gasteiger charge is 2.14. The van der Waals surface area contributed by atoms with Crippen molar-refractivity contribution < 1.29 is 9.13 Å². The molecule has 0 unspecified atom stereocenters. The molecular formula is C16H14FN3O. The van der Waals surface area contributed by atoms with Crippen LogP contribution in [-0.4, -0.2) is 16.9 Å². The number of nitrogens with two attached hydrogens (primary N) is 1. The summed E-state index contributed by atoms with van der Waals surface area (Å²) < 4.78 is 20.6. The molecule has 0 spiro atoms. The molecule has 0 aliphatic carbocycles. The van der Waals surface area contributed by atoms with Gasteiger partial charge in [0.2, 0.25) is 0 Å². The minimum absolute atomic E-state index is 0.352. The van der Waals surface area contributed by atoms with Crippen molar-refractivity contribution in [2.75, 3.05) is 12.8 Å². The molecule has 4 nitrogen and oxygen atoms in total. The number of aromatic nitrogens is 2. The van der Waals surface area contributed by atoms with Gasteiger partial charge in [-0.2, -0.15) is 5.10 Å². The fourth-order valence-electron chi connectivity index (χ4n) is 2.20. The first kappa shape index (κ1) is 13.2. The third-order valence-electron chi connectivity index (χ3n) is 3.20. The largest absolute Gasteiger partial charge is 0.496 e. The summed E-state index contributed by atoms with van der Waals surface area (Å²) in [4.78, 5) is 0. The van der Waals surface area contributed by atoms with E-state index in [0.29, 0.717) is 22.8 Å². The van der Waals surface area contributed by atoms with E-state index in [-0.39, 0.29) is 5.82 Å². The maximum Gasteiger partial charge on any atom is 0.148 e. The van der Waals surface area contributed by atoms with Gasteiger partial charge in [-0.1, -0.05) is 24.3 Å². The van der Waals surface area contributed by atoms with Crippen LogP contribution in [0.5, 0.6) is 5.75 Å². The molecule has 0 amide bonds. The van der Waals surface area contributed by atoms with Gasteiger partial charge in [-0.3, -0.25) is 0 Å². The van der Waals surface area contributed by atoms with Crippen LogP contribution in [-0.2, 0) is 0 Å². The topological polar surface area (TPSA) is 53.1 Å². The van der Waals surface area contributed by atoms with E-state index < -0.39 is 0 Å². The minimum atomic E-state index is -0.355. The van der Waals surface area contributed by atoms with Gasteiger partial charge >= 0.3 is 0 Å². The second-order valence-electron chi connectivity index (χ2n) is 4.53. The lowest BCUT2D eigenvalue weighted by molar-refractivity contribution is 0.416. The van der Waals surface area contributed by atoms with Crippen LogP contribution in [0.2, 0.25) is 0 Å². The van der Waals surface area contributed by atoms with Gasteiger partial charge in [-0.25, -0.2) is 9.07 Å². The van der Waals surface area contributed by atoms with Crippen molar-refractivity contribution in [3.8, 4) is 22.7 Å². The Morgan fingerprint density at radius 3 is 2.57 bits per heavy atom. The first-order valence-electron chi connectivity index (χ1n) is 6.44. The number of nitrogen functional groups attached to an aromatic ring is 1. The molecule has 2 N–H and O–H groups in total. The van der Waals surface area contributed by atoms with Crippen molar-refractivity contribution in [3.63, 3.8) is 0 Å². The normalized spacial score (nSPS) is 10.6. The Morgan fingerprint density at radius 1 is 1.10 bits per heavy atom. The molecule has 21 heavy (non-hydrogen) atoms. The van der Waals surface area contributed by atoms with Crippen molar-refractivity contribution in [3.05, 3.63) is 60.5 Å². The number of rotatable bonds is 3. The number of benzene rings is 2. The predicted octanol–water partition coefficient (Wildman–Crippen LogP) is 3.27. The smallest absolute Gasteiger partial charge is 0.148 e. The Bertz CT molecular complexity index is 783. The first-order valence-corrected chi connectivity index (χ1v) is 6.44. The number of anilines is 1. The van der Waals surface area contributed by atoms with E-state index in [2.05, 4.69) is 5.10 Å². The van der Waals surface area contributed by atoms with Crippen LogP contribution in [0.25, 0.3) is 16.9 Å². The quantitative estimate of drug-likeness (QED) is 0.802. The molecule has 0 atom stereocenters. The van der Waals surface area contributed by atoms with E-state index in [1.165, 1.54) is 10.7 Å². The molecule has 0 fully saturated rings. The van der Waals surface area contributed by atoms with Gasteiger partial charge in [0, 0.05) is 5.56 Å². The number of halogens is 1. The summed E-state index contributed by atoms with van der Waals surface area (Å²) in [5.74, 6) is 0.314. The summed E-state index contributed by atoms with van der Waals surface area (Å²) in [6, 6.07) is 13.8. The second-order valence-corrected chi connectivity index (χ2v) is 4.53. The fraction of sp³-hybridized carbons (Fsp3) is 0.0625. The Labute approximate surface area is 121 Å². The number of hydrogen-bond acceptors (Lipinski definition) is 3. The van der Waals surface area contributed by atoms with Gasteiger partial charge in [-0.05, 0) is 24.3 Å². The Hall–Kier alpha value is -2.82. The fourth-order valence-corrected chi connectivity index (χ4v) is 2.20. The van der Waals surface area contributed by atoms with E-state index >= 15 is 0 Å². The molecule has 0 saturated heterocycles. The van der Waals surface area contributed by atoms with E-state index in [1.807, 2.05) is 24.3 Å². The summed E-state index contributed by atoms with van der Waals surface area (Å²) >= 11 is 0. The highest BCUT2D eigenvalue weighted by Crippen LogP contribution is 2.32. The lowest BCUT2D eigenvalue weighted by Gasteiger charge is -2.06. The lowest BCUT2D eigenvalue weighted by Crippen LogP contribution is -1.98. The molecule has 0 aliphatic heterocycles. The standard InChI is InChI=1S/C16H14FN3O/c1-21-15-9-5-2-6-11(15)16-13(18)10-20(19-16)14-8-4-3-7-12(14)17/h2-10H,18H2,1H3. The van der Waals surface area contributed by atoms with E-state index in [4.69, 9.17) is 10.5 Å². The molecule has 106 valence electrons. The van der Waals surface area contributed by atoms with Crippen molar-refractivity contribution >= 4 is 5.69 Å². The molecule has 1 aromatic heterocycles. The van der Waals surface area contributed by atoms with Crippen LogP contribution < -0.4 is 10.5 Å². The maximum atomic E-state index is 13.8. The average molecular weight is 283 g/mol. The summed E-state index contributed by atoms with van der Waals surface area (Å²) in [5.41, 5.74) is 8.17. The minimum Gasteiger partial charge on any atom is -0.496 e. The van der Waals surface area contributed by atoms with Gasteiger partial charge in [0.1, 0.15) is 22.9 Å². The van der Waals surface area contributed by atoms with Crippen LogP contribution in [0, 0.1) is 5.82 Å². The zero-order chi connectivity index (χ0) is 14.8. The van der Waals surface area contributed by atoms with Crippen molar-refractivity contribution in [1.29, 1.82) is 0 Å². The van der Waals surface area contributed by atoms with Crippen LogP contribution in [0.3, 0.4) is 0 Å². The Balaban J connectivity index is 2.13. The molecule has 0 aliphatic rings. The molecule has 3 aromatic rings. The summed E-state index contributed by atoms with van der Waals surface area (Å²) in [5, 5.41) is 4.39. The molecule has 1 heterocycles. The van der Waals surface area contributed by atoms with Crippen LogP contribution in [0.15, 0.2) is 54.7 Å². The molecular weight excluding hydrogens is 269 g/mol. The van der Waals surface area contributed by atoms with Gasteiger partial charge < -0.3 is 10.5 Å². The SMILES string of the molecule is COc1ccccc1-c1nn(-c2ccccc2F)cc1N. The number of nitrogens with zero attached hydrogens (tertiary/aromatic N) is 2. The molecule has 5 heteroatoms. The number of methoxy groups -OCH3 is 1. The summed E-state index contributed by atoms with van der Waals surface area (Å²) in [6.07, 6.45) is 1.60.